The van der Waals surface area contributed by atoms with E-state index in [0.29, 0.717) is 13.1 Å². The molecular formula is C14H17FN2O2. The van der Waals surface area contributed by atoms with Crippen molar-refractivity contribution in [2.24, 2.45) is 11.7 Å². The number of rotatable bonds is 3. The van der Waals surface area contributed by atoms with Crippen molar-refractivity contribution in [1.82, 2.24) is 4.90 Å². The number of halogens is 1. The van der Waals surface area contributed by atoms with E-state index >= 15 is 0 Å². The second-order valence-electron chi connectivity index (χ2n) is 4.88. The van der Waals surface area contributed by atoms with Crippen LogP contribution in [0.2, 0.25) is 0 Å². The van der Waals surface area contributed by atoms with Gasteiger partial charge < -0.3 is 10.6 Å². The Bertz CT molecular complexity index is 473. The predicted molar refractivity (Wildman–Crippen MR) is 68.6 cm³/mol. The van der Waals surface area contributed by atoms with Gasteiger partial charge in [-0.2, -0.15) is 0 Å². The van der Waals surface area contributed by atoms with Gasteiger partial charge in [0.2, 0.25) is 11.8 Å². The molecule has 1 unspecified atom stereocenters. The lowest BCUT2D eigenvalue weighted by molar-refractivity contribution is -0.134. The first-order chi connectivity index (χ1) is 9.06. The number of likely N-dealkylation sites (tertiary alicyclic amines) is 1. The minimum Gasteiger partial charge on any atom is -0.369 e. The summed E-state index contributed by atoms with van der Waals surface area (Å²) in [5.74, 6) is -0.953. The quantitative estimate of drug-likeness (QED) is 0.888. The number of hydrogen-bond donors (Lipinski definition) is 1. The Morgan fingerprint density at radius 2 is 2.00 bits per heavy atom. The zero-order valence-electron chi connectivity index (χ0n) is 10.6. The average Bonchev–Trinajstić information content (AvgIpc) is 2.41. The topological polar surface area (TPSA) is 63.4 Å². The molecule has 2 rings (SSSR count). The van der Waals surface area contributed by atoms with Crippen molar-refractivity contribution in [3.05, 3.63) is 35.6 Å². The van der Waals surface area contributed by atoms with Gasteiger partial charge >= 0.3 is 0 Å². The van der Waals surface area contributed by atoms with Gasteiger partial charge in [-0.05, 0) is 30.5 Å². The van der Waals surface area contributed by atoms with E-state index in [4.69, 9.17) is 5.73 Å². The minimum absolute atomic E-state index is 0.0439. The van der Waals surface area contributed by atoms with Crippen LogP contribution in [0, 0.1) is 11.7 Å². The number of hydrogen-bond acceptors (Lipinski definition) is 2. The first kappa shape index (κ1) is 13.5. The second-order valence-corrected chi connectivity index (χ2v) is 4.88. The molecule has 1 aromatic rings. The van der Waals surface area contributed by atoms with E-state index in [1.54, 1.807) is 17.0 Å². The van der Waals surface area contributed by atoms with Crippen molar-refractivity contribution in [3.8, 4) is 0 Å². The highest BCUT2D eigenvalue weighted by Gasteiger charge is 2.26. The molecule has 1 aliphatic heterocycles. The standard InChI is InChI=1S/C14H17FN2O2/c15-12-5-3-10(4-6-12)8-13(18)17-7-1-2-11(9-17)14(16)19/h3-6,11H,1-2,7-9H2,(H2,16,19). The van der Waals surface area contributed by atoms with Gasteiger partial charge in [-0.3, -0.25) is 9.59 Å². The van der Waals surface area contributed by atoms with Crippen LogP contribution in [0.3, 0.4) is 0 Å². The highest BCUT2D eigenvalue weighted by molar-refractivity contribution is 5.81. The summed E-state index contributed by atoms with van der Waals surface area (Å²) in [6, 6.07) is 5.88. The van der Waals surface area contributed by atoms with Gasteiger partial charge in [0, 0.05) is 13.1 Å². The molecule has 0 bridgehead atoms. The molecule has 1 heterocycles. The molecule has 2 N–H and O–H groups in total. The molecule has 1 fully saturated rings. The molecule has 4 nitrogen and oxygen atoms in total. The molecular weight excluding hydrogens is 247 g/mol. The average molecular weight is 264 g/mol. The molecule has 5 heteroatoms. The van der Waals surface area contributed by atoms with Crippen LogP contribution in [0.15, 0.2) is 24.3 Å². The number of primary amides is 1. The van der Waals surface area contributed by atoms with E-state index in [2.05, 4.69) is 0 Å². The fourth-order valence-corrected chi connectivity index (χ4v) is 2.32. The summed E-state index contributed by atoms with van der Waals surface area (Å²) in [6.07, 6.45) is 1.77. The van der Waals surface area contributed by atoms with Crippen LogP contribution in [0.1, 0.15) is 18.4 Å². The third-order valence-corrected chi connectivity index (χ3v) is 3.45. The number of benzene rings is 1. The van der Waals surface area contributed by atoms with E-state index < -0.39 is 0 Å². The summed E-state index contributed by atoms with van der Waals surface area (Å²) < 4.78 is 12.8. The fraction of sp³-hybridized carbons (Fsp3) is 0.429. The molecule has 102 valence electrons. The summed E-state index contributed by atoms with van der Waals surface area (Å²) in [7, 11) is 0. The van der Waals surface area contributed by atoms with E-state index in [9.17, 15) is 14.0 Å². The van der Waals surface area contributed by atoms with Crippen LogP contribution in [0.5, 0.6) is 0 Å². The summed E-state index contributed by atoms with van der Waals surface area (Å²) in [6.45, 7) is 1.05. The fourth-order valence-electron chi connectivity index (χ4n) is 2.32. The predicted octanol–water partition coefficient (Wildman–Crippen LogP) is 1.09. The van der Waals surface area contributed by atoms with Crippen molar-refractivity contribution in [1.29, 1.82) is 0 Å². The van der Waals surface area contributed by atoms with Gasteiger partial charge in [-0.25, -0.2) is 4.39 Å². The zero-order chi connectivity index (χ0) is 13.8. The van der Waals surface area contributed by atoms with E-state index in [1.165, 1.54) is 12.1 Å². The summed E-state index contributed by atoms with van der Waals surface area (Å²) in [4.78, 5) is 24.9. The molecule has 0 aromatic heterocycles. The van der Waals surface area contributed by atoms with Gasteiger partial charge in [-0.1, -0.05) is 12.1 Å². The molecule has 0 aliphatic carbocycles. The Morgan fingerprint density at radius 1 is 1.32 bits per heavy atom. The third-order valence-electron chi connectivity index (χ3n) is 3.45. The maximum atomic E-state index is 12.8. The van der Waals surface area contributed by atoms with Crippen LogP contribution in [-0.2, 0) is 16.0 Å². The van der Waals surface area contributed by atoms with Gasteiger partial charge in [0.15, 0.2) is 0 Å². The monoisotopic (exact) mass is 264 g/mol. The Kier molecular flexibility index (Phi) is 4.14. The van der Waals surface area contributed by atoms with Crippen LogP contribution in [0.4, 0.5) is 4.39 Å². The lowest BCUT2D eigenvalue weighted by atomic mass is 9.97. The lowest BCUT2D eigenvalue weighted by Crippen LogP contribution is -2.44. The highest BCUT2D eigenvalue weighted by Crippen LogP contribution is 2.17. The normalized spacial score (nSPS) is 19.2. The SMILES string of the molecule is NC(=O)C1CCCN(C(=O)Cc2ccc(F)cc2)C1. The van der Waals surface area contributed by atoms with Gasteiger partial charge in [0.05, 0.1) is 12.3 Å². The van der Waals surface area contributed by atoms with E-state index in [1.807, 2.05) is 0 Å². The highest BCUT2D eigenvalue weighted by atomic mass is 19.1. The van der Waals surface area contributed by atoms with Gasteiger partial charge in [-0.15, -0.1) is 0 Å². The number of nitrogens with two attached hydrogens (primary N) is 1. The van der Waals surface area contributed by atoms with Crippen LogP contribution in [0.25, 0.3) is 0 Å². The Balaban J connectivity index is 1.96. The Hall–Kier alpha value is -1.91. The molecule has 0 spiro atoms. The number of carbonyl (C=O) groups is 2. The van der Waals surface area contributed by atoms with E-state index in [-0.39, 0.29) is 30.0 Å². The molecule has 1 aliphatic rings. The largest absolute Gasteiger partial charge is 0.369 e. The number of amides is 2. The van der Waals surface area contributed by atoms with Crippen LogP contribution < -0.4 is 5.73 Å². The number of carbonyl (C=O) groups excluding carboxylic acids is 2. The third kappa shape index (κ3) is 3.53. The van der Waals surface area contributed by atoms with E-state index in [0.717, 1.165) is 18.4 Å². The Labute approximate surface area is 111 Å². The van der Waals surface area contributed by atoms with Crippen molar-refractivity contribution >= 4 is 11.8 Å². The van der Waals surface area contributed by atoms with Crippen molar-refractivity contribution in [3.63, 3.8) is 0 Å². The second kappa shape index (κ2) is 5.82. The van der Waals surface area contributed by atoms with Crippen LogP contribution >= 0.6 is 0 Å². The van der Waals surface area contributed by atoms with Gasteiger partial charge in [0.25, 0.3) is 0 Å². The van der Waals surface area contributed by atoms with Crippen molar-refractivity contribution in [2.75, 3.05) is 13.1 Å². The van der Waals surface area contributed by atoms with Crippen molar-refractivity contribution < 1.29 is 14.0 Å². The molecule has 1 atom stereocenters. The molecule has 1 saturated heterocycles. The summed E-state index contributed by atoms with van der Waals surface area (Å²) in [5, 5.41) is 0. The maximum Gasteiger partial charge on any atom is 0.227 e. The lowest BCUT2D eigenvalue weighted by Gasteiger charge is -2.31. The molecule has 0 saturated carbocycles. The maximum absolute atomic E-state index is 12.8. The number of piperidine rings is 1. The Morgan fingerprint density at radius 3 is 2.63 bits per heavy atom. The summed E-state index contributed by atoms with van der Waals surface area (Å²) in [5.41, 5.74) is 6.05. The smallest absolute Gasteiger partial charge is 0.227 e. The van der Waals surface area contributed by atoms with Crippen molar-refractivity contribution in [2.45, 2.75) is 19.3 Å². The number of nitrogens with zero attached hydrogens (tertiary/aromatic N) is 1. The minimum atomic E-state index is -0.348. The van der Waals surface area contributed by atoms with Crippen LogP contribution in [-0.4, -0.2) is 29.8 Å². The first-order valence-corrected chi connectivity index (χ1v) is 6.38. The molecule has 2 amide bonds. The molecule has 1 aromatic carbocycles. The molecule has 0 radical (unpaired) electrons. The molecule has 19 heavy (non-hydrogen) atoms. The van der Waals surface area contributed by atoms with Gasteiger partial charge in [0.1, 0.15) is 5.82 Å². The summed E-state index contributed by atoms with van der Waals surface area (Å²) >= 11 is 0. The zero-order valence-corrected chi connectivity index (χ0v) is 10.6. The first-order valence-electron chi connectivity index (χ1n) is 6.38.